The van der Waals surface area contributed by atoms with Crippen LogP contribution < -0.4 is 0 Å². The second-order valence-electron chi connectivity index (χ2n) is 18.7. The lowest BCUT2D eigenvalue weighted by Crippen LogP contribution is -2.61. The number of aliphatic hydroxyl groups excluding tert-OH is 7. The van der Waals surface area contributed by atoms with E-state index >= 15 is 0 Å². The molecule has 2 rings (SSSR count). The minimum absolute atomic E-state index is 0.157. The molecule has 11 atom stereocenters. The van der Waals surface area contributed by atoms with Gasteiger partial charge in [-0.1, -0.05) is 173 Å². The molecule has 0 aliphatic carbocycles. The van der Waals surface area contributed by atoms with Gasteiger partial charge in [0.05, 0.1) is 19.8 Å². The fourth-order valence-electron chi connectivity index (χ4n) is 8.32. The van der Waals surface area contributed by atoms with Gasteiger partial charge in [0.15, 0.2) is 18.7 Å². The molecule has 0 bridgehead atoms. The molecule has 0 aromatic carbocycles. The van der Waals surface area contributed by atoms with Crippen LogP contribution in [0.25, 0.3) is 0 Å². The summed E-state index contributed by atoms with van der Waals surface area (Å²) in [6.45, 7) is 2.56. The van der Waals surface area contributed by atoms with Crippen LogP contribution in [0, 0.1) is 0 Å². The van der Waals surface area contributed by atoms with Crippen LogP contribution in [0.4, 0.5) is 0 Å². The van der Waals surface area contributed by atoms with Crippen molar-refractivity contribution < 1.29 is 73.8 Å². The van der Waals surface area contributed by atoms with Crippen molar-refractivity contribution in [2.45, 2.75) is 268 Å². The third kappa shape index (κ3) is 27.8. The van der Waals surface area contributed by atoms with Crippen LogP contribution in [0.1, 0.15) is 200 Å². The highest BCUT2D eigenvalue weighted by atomic mass is 16.7. The summed E-state index contributed by atoms with van der Waals surface area (Å²) in [5.74, 6) is -0.970. The quantitative estimate of drug-likeness (QED) is 0.0178. The number of aliphatic hydroxyl groups is 7. The van der Waals surface area contributed by atoms with Gasteiger partial charge in [-0.3, -0.25) is 9.59 Å². The minimum Gasteiger partial charge on any atom is -0.462 e. The lowest BCUT2D eigenvalue weighted by atomic mass is 9.98. The van der Waals surface area contributed by atoms with Crippen molar-refractivity contribution >= 4 is 11.9 Å². The van der Waals surface area contributed by atoms with Gasteiger partial charge in [-0.05, 0) is 38.5 Å². The van der Waals surface area contributed by atoms with Gasteiger partial charge in [-0.2, -0.15) is 0 Å². The van der Waals surface area contributed by atoms with Crippen molar-refractivity contribution in [1.82, 2.24) is 0 Å². The van der Waals surface area contributed by atoms with Crippen LogP contribution in [0.5, 0.6) is 0 Å². The number of esters is 2. The minimum atomic E-state index is -1.77. The Kier molecular flexibility index (Phi) is 36.2. The van der Waals surface area contributed by atoms with Crippen LogP contribution in [0.15, 0.2) is 24.3 Å². The molecule has 0 saturated carbocycles. The molecule has 0 spiro atoms. The Labute approximate surface area is 403 Å². The molecular formula is C52H94O15. The standard InChI is InChI=1S/C52H94O15/c1-3-5-7-9-11-13-15-17-19-20-21-23-24-26-28-30-32-34-43(54)62-37-40(65-44(55)35-33-31-29-27-25-22-18-16-14-12-10-8-6-4-2)38-63-51-50(61)48(59)46(57)42(67-51)39-64-52-49(60)47(58)45(56)41(36-53)66-52/h21,23,26,28,40-42,45-53,56-61H,3-20,22,24-25,27,29-39H2,1-2H3/b23-21+,28-26+/t40-,41+,42+,45-,46-,47?,48?,49?,50?,51+,52+/m0/s1. The smallest absolute Gasteiger partial charge is 0.306 e. The number of allylic oxidation sites excluding steroid dienone is 4. The fourth-order valence-corrected chi connectivity index (χ4v) is 8.32. The van der Waals surface area contributed by atoms with Crippen molar-refractivity contribution in [3.05, 3.63) is 24.3 Å². The van der Waals surface area contributed by atoms with Crippen LogP contribution in [-0.2, 0) is 38.0 Å². The molecule has 67 heavy (non-hydrogen) atoms. The highest BCUT2D eigenvalue weighted by Crippen LogP contribution is 2.26. The normalized spacial score (nSPS) is 26.1. The first-order valence-corrected chi connectivity index (χ1v) is 26.4. The van der Waals surface area contributed by atoms with Crippen LogP contribution in [0.2, 0.25) is 0 Å². The highest BCUT2D eigenvalue weighted by molar-refractivity contribution is 5.70. The van der Waals surface area contributed by atoms with Crippen molar-refractivity contribution in [1.29, 1.82) is 0 Å². The topological polar surface area (TPSA) is 231 Å². The second-order valence-corrected chi connectivity index (χ2v) is 18.7. The summed E-state index contributed by atoms with van der Waals surface area (Å²) in [5, 5.41) is 72.1. The molecule has 2 fully saturated rings. The van der Waals surface area contributed by atoms with E-state index in [1.165, 1.54) is 122 Å². The Morgan fingerprint density at radius 3 is 1.43 bits per heavy atom. The second kappa shape index (κ2) is 39.7. The molecule has 0 radical (unpaired) electrons. The molecule has 0 amide bonds. The lowest BCUT2D eigenvalue weighted by molar-refractivity contribution is -0.332. The van der Waals surface area contributed by atoms with E-state index in [4.69, 9.17) is 28.4 Å². The number of rotatable bonds is 41. The molecule has 0 aromatic rings. The van der Waals surface area contributed by atoms with E-state index in [2.05, 4.69) is 38.2 Å². The Balaban J connectivity index is 1.81. The summed E-state index contributed by atoms with van der Waals surface area (Å²) in [4.78, 5) is 25.7. The maximum atomic E-state index is 13.0. The Hall–Kier alpha value is -2.02. The molecule has 392 valence electrons. The van der Waals surface area contributed by atoms with Crippen molar-refractivity contribution in [2.75, 3.05) is 26.4 Å². The predicted octanol–water partition coefficient (Wildman–Crippen LogP) is 7.55. The zero-order chi connectivity index (χ0) is 48.9. The van der Waals surface area contributed by atoms with E-state index in [-0.39, 0.29) is 19.4 Å². The van der Waals surface area contributed by atoms with E-state index in [1.54, 1.807) is 0 Å². The zero-order valence-electron chi connectivity index (χ0n) is 41.4. The summed E-state index contributed by atoms with van der Waals surface area (Å²) in [5.41, 5.74) is 0. The molecule has 0 aromatic heterocycles. The number of carbonyl (C=O) groups excluding carboxylic acids is 2. The molecule has 4 unspecified atom stereocenters. The lowest BCUT2D eigenvalue weighted by Gasteiger charge is -2.42. The first-order chi connectivity index (χ1) is 32.5. The number of hydrogen-bond acceptors (Lipinski definition) is 15. The maximum absolute atomic E-state index is 13.0. The van der Waals surface area contributed by atoms with Gasteiger partial charge < -0.3 is 64.2 Å². The number of ether oxygens (including phenoxy) is 6. The number of unbranched alkanes of at least 4 members (excludes halogenated alkanes) is 23. The van der Waals surface area contributed by atoms with E-state index in [9.17, 15) is 45.3 Å². The molecule has 7 N–H and O–H groups in total. The molecule has 2 aliphatic rings. The maximum Gasteiger partial charge on any atom is 0.306 e. The van der Waals surface area contributed by atoms with Gasteiger partial charge in [0.2, 0.25) is 0 Å². The zero-order valence-corrected chi connectivity index (χ0v) is 41.4. The van der Waals surface area contributed by atoms with Crippen molar-refractivity contribution in [2.24, 2.45) is 0 Å². The van der Waals surface area contributed by atoms with E-state index in [0.29, 0.717) is 19.3 Å². The van der Waals surface area contributed by atoms with Gasteiger partial charge in [0.25, 0.3) is 0 Å². The third-order valence-electron chi connectivity index (χ3n) is 12.7. The van der Waals surface area contributed by atoms with E-state index in [0.717, 1.165) is 32.1 Å². The molecule has 15 heteroatoms. The number of carbonyl (C=O) groups is 2. The Morgan fingerprint density at radius 2 is 0.910 bits per heavy atom. The van der Waals surface area contributed by atoms with Crippen LogP contribution in [-0.4, -0.2) is 142 Å². The molecule has 2 heterocycles. The molecular weight excluding hydrogens is 865 g/mol. The molecule has 15 nitrogen and oxygen atoms in total. The molecule has 2 saturated heterocycles. The third-order valence-corrected chi connectivity index (χ3v) is 12.7. The average molecular weight is 959 g/mol. The van der Waals surface area contributed by atoms with Gasteiger partial charge in [0, 0.05) is 12.8 Å². The summed E-state index contributed by atoms with van der Waals surface area (Å²) in [6.07, 6.45) is 23.6. The van der Waals surface area contributed by atoms with Gasteiger partial charge in [0.1, 0.15) is 55.4 Å². The Bertz CT molecular complexity index is 1270. The van der Waals surface area contributed by atoms with Crippen molar-refractivity contribution in [3.63, 3.8) is 0 Å². The van der Waals surface area contributed by atoms with Gasteiger partial charge in [-0.25, -0.2) is 0 Å². The average Bonchev–Trinajstić information content (AvgIpc) is 3.32. The SMILES string of the molecule is CCCCCCCCCCC/C=C/C/C=C/CCCC(=O)OC[C@@H](CO[C@@H]1O[C@H](CO[C@@H]2O[C@H](CO)[C@H](O)C(O)C2O)[C@H](O)C(O)C1O)OC(=O)CCCCCCCCCCCCCCCC. The first kappa shape index (κ1) is 61.1. The van der Waals surface area contributed by atoms with Crippen molar-refractivity contribution in [3.8, 4) is 0 Å². The van der Waals surface area contributed by atoms with Gasteiger partial charge in [-0.15, -0.1) is 0 Å². The predicted molar refractivity (Wildman–Crippen MR) is 257 cm³/mol. The highest BCUT2D eigenvalue weighted by Gasteiger charge is 2.47. The van der Waals surface area contributed by atoms with E-state index < -0.39 is 99.3 Å². The van der Waals surface area contributed by atoms with Crippen LogP contribution >= 0.6 is 0 Å². The van der Waals surface area contributed by atoms with Crippen LogP contribution in [0.3, 0.4) is 0 Å². The summed E-state index contributed by atoms with van der Waals surface area (Å²) < 4.78 is 33.5. The summed E-state index contributed by atoms with van der Waals surface area (Å²) in [6, 6.07) is 0. The summed E-state index contributed by atoms with van der Waals surface area (Å²) in [7, 11) is 0. The fraction of sp³-hybridized carbons (Fsp3) is 0.885. The summed E-state index contributed by atoms with van der Waals surface area (Å²) >= 11 is 0. The monoisotopic (exact) mass is 959 g/mol. The number of hydrogen-bond donors (Lipinski definition) is 7. The molecule has 2 aliphatic heterocycles. The Morgan fingerprint density at radius 1 is 0.478 bits per heavy atom. The van der Waals surface area contributed by atoms with E-state index in [1.807, 2.05) is 0 Å². The van der Waals surface area contributed by atoms with Gasteiger partial charge >= 0.3 is 11.9 Å². The largest absolute Gasteiger partial charge is 0.462 e. The first-order valence-electron chi connectivity index (χ1n) is 26.4.